The summed E-state index contributed by atoms with van der Waals surface area (Å²) in [5.41, 5.74) is 4.12. The molecule has 2 heteroatoms. The molecule has 3 rings (SSSR count). The van der Waals surface area contributed by atoms with E-state index >= 15 is 0 Å². The Bertz CT molecular complexity index is 559. The van der Waals surface area contributed by atoms with Crippen LogP contribution in [-0.2, 0) is 0 Å². The molecule has 1 aliphatic carbocycles. The molecular weight excluding hydrogens is 345 g/mol. The second-order valence-corrected chi connectivity index (χ2v) is 6.63. The fourth-order valence-corrected chi connectivity index (χ4v) is 3.39. The van der Waals surface area contributed by atoms with Crippen molar-refractivity contribution in [3.8, 4) is 0 Å². The first-order valence-corrected chi connectivity index (χ1v) is 7.88. The molecule has 0 amide bonds. The summed E-state index contributed by atoms with van der Waals surface area (Å²) in [6.45, 7) is 2.18. The molecule has 1 fully saturated rings. The molecule has 1 nitrogen and oxygen atoms in total. The van der Waals surface area contributed by atoms with Gasteiger partial charge in [-0.15, -0.1) is 0 Å². The highest BCUT2D eigenvalue weighted by Gasteiger charge is 2.30. The van der Waals surface area contributed by atoms with E-state index in [0.717, 1.165) is 5.92 Å². The average molecular weight is 363 g/mol. The summed E-state index contributed by atoms with van der Waals surface area (Å²) < 4.78 is 1.30. The molecule has 1 aliphatic rings. The highest BCUT2D eigenvalue weighted by atomic mass is 127. The molecule has 0 aliphatic heterocycles. The van der Waals surface area contributed by atoms with Crippen molar-refractivity contribution < 1.29 is 0 Å². The van der Waals surface area contributed by atoms with Crippen molar-refractivity contribution in [1.29, 1.82) is 0 Å². The molecule has 0 saturated heterocycles. The van der Waals surface area contributed by atoms with Gasteiger partial charge in [0.05, 0.1) is 0 Å². The zero-order valence-corrected chi connectivity index (χ0v) is 13.2. The van der Waals surface area contributed by atoms with E-state index in [1.807, 2.05) is 0 Å². The molecule has 0 spiro atoms. The largest absolute Gasteiger partial charge is 0.382 e. The summed E-state index contributed by atoms with van der Waals surface area (Å²) in [7, 11) is 0. The van der Waals surface area contributed by atoms with Crippen molar-refractivity contribution in [3.05, 3.63) is 63.2 Å². The number of hydrogen-bond acceptors (Lipinski definition) is 1. The molecule has 0 unspecified atom stereocenters. The molecule has 0 atom stereocenters. The van der Waals surface area contributed by atoms with Gasteiger partial charge in [-0.05, 0) is 77.6 Å². The lowest BCUT2D eigenvalue weighted by molar-refractivity contribution is 0.374. The Labute approximate surface area is 128 Å². The van der Waals surface area contributed by atoms with Gasteiger partial charge in [0.1, 0.15) is 0 Å². The van der Waals surface area contributed by atoms with Crippen LogP contribution in [0, 0.1) is 10.5 Å². The first-order valence-electron chi connectivity index (χ1n) is 6.80. The summed E-state index contributed by atoms with van der Waals surface area (Å²) in [4.78, 5) is 0. The summed E-state index contributed by atoms with van der Waals surface area (Å²) in [6.07, 6.45) is 2.49. The van der Waals surface area contributed by atoms with Crippen LogP contribution < -0.4 is 5.32 Å². The summed E-state index contributed by atoms with van der Waals surface area (Å²) in [5, 5.41) is 3.67. The maximum Gasteiger partial charge on any atom is 0.0372 e. The highest BCUT2D eigenvalue weighted by Crippen LogP contribution is 2.38. The smallest absolute Gasteiger partial charge is 0.0372 e. The monoisotopic (exact) mass is 363 g/mol. The van der Waals surface area contributed by atoms with Gasteiger partial charge in [0.2, 0.25) is 0 Å². The predicted octanol–water partition coefficient (Wildman–Crippen LogP) is 4.96. The molecule has 2 aromatic carbocycles. The minimum absolute atomic E-state index is 0.629. The van der Waals surface area contributed by atoms with E-state index in [1.165, 1.54) is 33.2 Å². The maximum atomic E-state index is 3.67. The Hall–Kier alpha value is -1.03. The Kier molecular flexibility index (Phi) is 3.78. The standard InChI is InChI=1S/C17H18IN/c1-12-9-15(18)7-8-17(12)19-16-10-14(11-16)13-5-3-2-4-6-13/h2-9,14,16,19H,10-11H2,1H3. The van der Waals surface area contributed by atoms with Crippen molar-refractivity contribution in [2.24, 2.45) is 0 Å². The molecule has 1 N–H and O–H groups in total. The van der Waals surface area contributed by atoms with Crippen LogP contribution in [0.4, 0.5) is 5.69 Å². The molecule has 0 bridgehead atoms. The number of anilines is 1. The van der Waals surface area contributed by atoms with Gasteiger partial charge in [0.25, 0.3) is 0 Å². The minimum Gasteiger partial charge on any atom is -0.382 e. The van der Waals surface area contributed by atoms with Gasteiger partial charge < -0.3 is 5.32 Å². The van der Waals surface area contributed by atoms with Gasteiger partial charge in [-0.3, -0.25) is 0 Å². The Balaban J connectivity index is 1.60. The lowest BCUT2D eigenvalue weighted by Crippen LogP contribution is -2.34. The second-order valence-electron chi connectivity index (χ2n) is 5.38. The van der Waals surface area contributed by atoms with Crippen LogP contribution in [0.25, 0.3) is 0 Å². The first kappa shape index (κ1) is 13.0. The van der Waals surface area contributed by atoms with Crippen LogP contribution in [0.15, 0.2) is 48.5 Å². The van der Waals surface area contributed by atoms with Gasteiger partial charge >= 0.3 is 0 Å². The highest BCUT2D eigenvalue weighted by molar-refractivity contribution is 14.1. The normalized spacial score (nSPS) is 21.8. The SMILES string of the molecule is Cc1cc(I)ccc1NC1CC(c2ccccc2)C1. The van der Waals surface area contributed by atoms with Crippen molar-refractivity contribution in [2.75, 3.05) is 5.32 Å². The number of aryl methyl sites for hydroxylation is 1. The molecule has 19 heavy (non-hydrogen) atoms. The molecule has 0 aromatic heterocycles. The van der Waals surface area contributed by atoms with Crippen LogP contribution in [0.1, 0.15) is 29.9 Å². The molecule has 98 valence electrons. The van der Waals surface area contributed by atoms with Gasteiger partial charge in [0.15, 0.2) is 0 Å². The van der Waals surface area contributed by atoms with Crippen molar-refractivity contribution in [1.82, 2.24) is 0 Å². The Morgan fingerprint density at radius 3 is 2.47 bits per heavy atom. The van der Waals surface area contributed by atoms with Crippen LogP contribution in [0.5, 0.6) is 0 Å². The Morgan fingerprint density at radius 1 is 1.05 bits per heavy atom. The van der Waals surface area contributed by atoms with E-state index in [4.69, 9.17) is 0 Å². The van der Waals surface area contributed by atoms with E-state index in [1.54, 1.807) is 0 Å². The third-order valence-corrected chi connectivity index (χ3v) is 4.63. The summed E-state index contributed by atoms with van der Waals surface area (Å²) >= 11 is 2.36. The van der Waals surface area contributed by atoms with E-state index in [0.29, 0.717) is 6.04 Å². The van der Waals surface area contributed by atoms with Gasteiger partial charge in [-0.2, -0.15) is 0 Å². The maximum absolute atomic E-state index is 3.67. The fraction of sp³-hybridized carbons (Fsp3) is 0.294. The molecular formula is C17H18IN. The number of halogens is 1. The van der Waals surface area contributed by atoms with Crippen molar-refractivity contribution in [2.45, 2.75) is 31.7 Å². The quantitative estimate of drug-likeness (QED) is 0.761. The fourth-order valence-electron chi connectivity index (χ4n) is 2.74. The van der Waals surface area contributed by atoms with Crippen LogP contribution >= 0.6 is 22.6 Å². The Morgan fingerprint density at radius 2 is 1.79 bits per heavy atom. The number of benzene rings is 2. The molecule has 0 radical (unpaired) electrons. The molecule has 1 saturated carbocycles. The predicted molar refractivity (Wildman–Crippen MR) is 89.7 cm³/mol. The first-order chi connectivity index (χ1) is 9.22. The lowest BCUT2D eigenvalue weighted by Gasteiger charge is -2.37. The zero-order valence-electron chi connectivity index (χ0n) is 11.1. The van der Waals surface area contributed by atoms with Gasteiger partial charge in [-0.25, -0.2) is 0 Å². The van der Waals surface area contributed by atoms with E-state index < -0.39 is 0 Å². The third kappa shape index (κ3) is 2.94. The van der Waals surface area contributed by atoms with E-state index in [2.05, 4.69) is 83.4 Å². The second kappa shape index (κ2) is 5.53. The minimum atomic E-state index is 0.629. The average Bonchev–Trinajstić information content (AvgIpc) is 2.36. The summed E-state index contributed by atoms with van der Waals surface area (Å²) in [6, 6.07) is 18.1. The number of nitrogens with one attached hydrogen (secondary N) is 1. The van der Waals surface area contributed by atoms with Crippen LogP contribution in [0.3, 0.4) is 0 Å². The van der Waals surface area contributed by atoms with Crippen LogP contribution in [0.2, 0.25) is 0 Å². The number of hydrogen-bond donors (Lipinski definition) is 1. The topological polar surface area (TPSA) is 12.0 Å². The zero-order chi connectivity index (χ0) is 13.2. The molecule has 0 heterocycles. The van der Waals surface area contributed by atoms with Gasteiger partial charge in [0, 0.05) is 15.3 Å². The van der Waals surface area contributed by atoms with E-state index in [-0.39, 0.29) is 0 Å². The molecule has 2 aromatic rings. The van der Waals surface area contributed by atoms with Crippen molar-refractivity contribution >= 4 is 28.3 Å². The van der Waals surface area contributed by atoms with Gasteiger partial charge in [-0.1, -0.05) is 30.3 Å². The lowest BCUT2D eigenvalue weighted by atomic mass is 9.76. The summed E-state index contributed by atoms with van der Waals surface area (Å²) in [5.74, 6) is 0.739. The third-order valence-electron chi connectivity index (χ3n) is 3.96. The number of rotatable bonds is 3. The van der Waals surface area contributed by atoms with E-state index in [9.17, 15) is 0 Å². The van der Waals surface area contributed by atoms with Crippen molar-refractivity contribution in [3.63, 3.8) is 0 Å². The van der Waals surface area contributed by atoms with Crippen LogP contribution in [-0.4, -0.2) is 6.04 Å².